The van der Waals surface area contributed by atoms with Crippen LogP contribution in [0.1, 0.15) is 36.5 Å². The van der Waals surface area contributed by atoms with Crippen LogP contribution in [0.4, 0.5) is 0 Å². The van der Waals surface area contributed by atoms with Crippen LogP contribution < -0.4 is 4.57 Å². The fourth-order valence-electron chi connectivity index (χ4n) is 3.74. The third-order valence-corrected chi connectivity index (χ3v) is 5.03. The lowest BCUT2D eigenvalue weighted by Gasteiger charge is -2.12. The van der Waals surface area contributed by atoms with Gasteiger partial charge in [0.25, 0.3) is 0 Å². The number of aromatic nitrogens is 1. The Hall–Kier alpha value is -3.12. The highest BCUT2D eigenvalue weighted by atomic mass is 16.3. The average molecular weight is 341 g/mol. The van der Waals surface area contributed by atoms with Gasteiger partial charge in [-0.1, -0.05) is 19.9 Å². The van der Waals surface area contributed by atoms with Crippen LogP contribution in [0.5, 0.6) is 0 Å². The maximum Gasteiger partial charge on any atom is 0.216 e. The first kappa shape index (κ1) is 16.4. The average Bonchev–Trinajstić information content (AvgIpc) is 3.00. The van der Waals surface area contributed by atoms with Crippen LogP contribution >= 0.6 is 0 Å². The number of fused-ring (bicyclic) bond motifs is 3. The second kappa shape index (κ2) is 6.00. The summed E-state index contributed by atoms with van der Waals surface area (Å²) in [5.74, 6) is 0.381. The first-order chi connectivity index (χ1) is 12.5. The van der Waals surface area contributed by atoms with Gasteiger partial charge < -0.3 is 4.42 Å². The van der Waals surface area contributed by atoms with E-state index in [1.807, 2.05) is 43.6 Å². The van der Waals surface area contributed by atoms with E-state index in [1.54, 1.807) is 0 Å². The molecule has 0 aliphatic carbocycles. The summed E-state index contributed by atoms with van der Waals surface area (Å²) in [6.07, 6.45) is 2.05. The van der Waals surface area contributed by atoms with Crippen molar-refractivity contribution in [2.24, 2.45) is 7.05 Å². The molecule has 3 heteroatoms. The molecule has 0 amide bonds. The first-order valence-electron chi connectivity index (χ1n) is 8.86. The number of pyridine rings is 1. The maximum absolute atomic E-state index is 9.23. The Morgan fingerprint density at radius 3 is 2.62 bits per heavy atom. The highest BCUT2D eigenvalue weighted by Gasteiger charge is 2.23. The lowest BCUT2D eigenvalue weighted by atomic mass is 9.91. The molecule has 0 atom stereocenters. The first-order valence-corrected chi connectivity index (χ1v) is 8.86. The Labute approximate surface area is 153 Å². The van der Waals surface area contributed by atoms with Gasteiger partial charge in [0.2, 0.25) is 5.69 Å². The molecule has 0 radical (unpaired) electrons. The van der Waals surface area contributed by atoms with E-state index in [2.05, 4.69) is 43.5 Å². The van der Waals surface area contributed by atoms with E-state index in [0.717, 1.165) is 33.2 Å². The zero-order valence-electron chi connectivity index (χ0n) is 15.5. The second-order valence-corrected chi connectivity index (χ2v) is 7.14. The standard InChI is InChI=1S/C23H21N2O/c1-14(2)18-11-15(3)21(19-7-5-6-10-25(19)4)23-22(18)17-9-8-16(13-24)12-20(17)26-23/h5-12,14H,1-4H3/q+1. The van der Waals surface area contributed by atoms with Crippen LogP contribution in [0.15, 0.2) is 53.1 Å². The smallest absolute Gasteiger partial charge is 0.216 e. The van der Waals surface area contributed by atoms with E-state index < -0.39 is 0 Å². The zero-order chi connectivity index (χ0) is 18.4. The van der Waals surface area contributed by atoms with Crippen molar-refractivity contribution in [3.63, 3.8) is 0 Å². The number of benzene rings is 2. The molecule has 4 aromatic rings. The van der Waals surface area contributed by atoms with Crippen LogP contribution in [0.25, 0.3) is 33.2 Å². The summed E-state index contributed by atoms with van der Waals surface area (Å²) in [6.45, 7) is 6.55. The number of rotatable bonds is 2. The van der Waals surface area contributed by atoms with Crippen LogP contribution in [-0.2, 0) is 7.05 Å². The Kier molecular flexibility index (Phi) is 3.77. The Morgan fingerprint density at radius 1 is 1.12 bits per heavy atom. The summed E-state index contributed by atoms with van der Waals surface area (Å²) in [5.41, 5.74) is 7.00. The molecule has 0 unspecified atom stereocenters. The quantitative estimate of drug-likeness (QED) is 0.459. The summed E-state index contributed by atoms with van der Waals surface area (Å²) in [5, 5.41) is 11.5. The van der Waals surface area contributed by atoms with Crippen LogP contribution in [0.3, 0.4) is 0 Å². The van der Waals surface area contributed by atoms with E-state index in [9.17, 15) is 5.26 Å². The van der Waals surface area contributed by atoms with Crippen molar-refractivity contribution in [2.45, 2.75) is 26.7 Å². The van der Waals surface area contributed by atoms with Crippen molar-refractivity contribution in [1.29, 1.82) is 5.26 Å². The predicted octanol–water partition coefficient (Wildman–Crippen LogP) is 5.38. The third-order valence-electron chi connectivity index (χ3n) is 5.03. The van der Waals surface area contributed by atoms with Crippen LogP contribution in [-0.4, -0.2) is 0 Å². The number of hydrogen-bond acceptors (Lipinski definition) is 2. The Balaban J connectivity index is 2.21. The number of hydrogen-bond donors (Lipinski definition) is 0. The van der Waals surface area contributed by atoms with Crippen molar-refractivity contribution in [2.75, 3.05) is 0 Å². The topological polar surface area (TPSA) is 40.8 Å². The summed E-state index contributed by atoms with van der Waals surface area (Å²) in [4.78, 5) is 0. The van der Waals surface area contributed by atoms with Crippen LogP contribution in [0.2, 0.25) is 0 Å². The molecule has 0 saturated heterocycles. The summed E-state index contributed by atoms with van der Waals surface area (Å²) in [7, 11) is 2.05. The monoisotopic (exact) mass is 341 g/mol. The van der Waals surface area contributed by atoms with Gasteiger partial charge in [-0.05, 0) is 48.2 Å². The molecule has 0 aliphatic heterocycles. The molecule has 3 nitrogen and oxygen atoms in total. The van der Waals surface area contributed by atoms with Gasteiger partial charge in [-0.25, -0.2) is 4.57 Å². The summed E-state index contributed by atoms with van der Waals surface area (Å²) < 4.78 is 8.46. The Bertz CT molecular complexity index is 1190. The van der Waals surface area contributed by atoms with Gasteiger partial charge in [0, 0.05) is 22.9 Å². The van der Waals surface area contributed by atoms with E-state index in [1.165, 1.54) is 11.1 Å². The molecule has 0 aliphatic rings. The number of nitrogens with zero attached hydrogens (tertiary/aromatic N) is 2. The molecule has 0 bridgehead atoms. The lowest BCUT2D eigenvalue weighted by Crippen LogP contribution is -2.30. The Morgan fingerprint density at radius 2 is 1.92 bits per heavy atom. The molecule has 0 spiro atoms. The van der Waals surface area contributed by atoms with E-state index >= 15 is 0 Å². The van der Waals surface area contributed by atoms with Gasteiger partial charge in [-0.3, -0.25) is 0 Å². The van der Waals surface area contributed by atoms with Crippen LogP contribution in [0, 0.1) is 18.3 Å². The molecule has 0 fully saturated rings. The predicted molar refractivity (Wildman–Crippen MR) is 104 cm³/mol. The van der Waals surface area contributed by atoms with Gasteiger partial charge in [-0.2, -0.15) is 5.26 Å². The molecule has 0 N–H and O–H groups in total. The van der Waals surface area contributed by atoms with Crippen molar-refractivity contribution >= 4 is 21.9 Å². The van der Waals surface area contributed by atoms with E-state index in [4.69, 9.17) is 4.42 Å². The molecular formula is C23H21N2O+. The number of aryl methyl sites for hydroxylation is 2. The van der Waals surface area contributed by atoms with Gasteiger partial charge in [0.05, 0.1) is 17.2 Å². The summed E-state index contributed by atoms with van der Waals surface area (Å²) in [6, 6.07) is 16.4. The van der Waals surface area contributed by atoms with E-state index in [0.29, 0.717) is 11.5 Å². The highest BCUT2D eigenvalue weighted by Crippen LogP contribution is 2.41. The summed E-state index contributed by atoms with van der Waals surface area (Å²) >= 11 is 0. The van der Waals surface area contributed by atoms with Crippen molar-refractivity contribution in [3.8, 4) is 17.3 Å². The fourth-order valence-corrected chi connectivity index (χ4v) is 3.74. The second-order valence-electron chi connectivity index (χ2n) is 7.14. The molecule has 128 valence electrons. The fraction of sp³-hybridized carbons (Fsp3) is 0.217. The SMILES string of the molecule is Cc1cc(C(C)C)c2c(oc3cc(C#N)ccc32)c1-c1cccc[n+]1C. The molecule has 2 aromatic carbocycles. The van der Waals surface area contributed by atoms with E-state index in [-0.39, 0.29) is 0 Å². The van der Waals surface area contributed by atoms with Crippen molar-refractivity contribution < 1.29 is 8.98 Å². The maximum atomic E-state index is 9.23. The minimum absolute atomic E-state index is 0.381. The minimum Gasteiger partial charge on any atom is -0.455 e. The molecule has 2 aromatic heterocycles. The number of nitriles is 1. The number of furan rings is 1. The molecule has 0 saturated carbocycles. The van der Waals surface area contributed by atoms with Crippen molar-refractivity contribution in [1.82, 2.24) is 0 Å². The zero-order valence-corrected chi connectivity index (χ0v) is 15.5. The lowest BCUT2D eigenvalue weighted by molar-refractivity contribution is -0.660. The minimum atomic E-state index is 0.381. The van der Waals surface area contributed by atoms with Crippen molar-refractivity contribution in [3.05, 3.63) is 65.4 Å². The highest BCUT2D eigenvalue weighted by molar-refractivity contribution is 6.11. The van der Waals surface area contributed by atoms with Gasteiger partial charge in [0.1, 0.15) is 18.2 Å². The molecule has 26 heavy (non-hydrogen) atoms. The third kappa shape index (κ3) is 2.38. The van der Waals surface area contributed by atoms with Gasteiger partial charge in [-0.15, -0.1) is 0 Å². The molecule has 4 rings (SSSR count). The normalized spacial score (nSPS) is 11.4. The largest absolute Gasteiger partial charge is 0.455 e. The van der Waals surface area contributed by atoms with Gasteiger partial charge in [0.15, 0.2) is 6.20 Å². The molecular weight excluding hydrogens is 320 g/mol. The van der Waals surface area contributed by atoms with Gasteiger partial charge >= 0.3 is 0 Å². The molecule has 2 heterocycles.